The Balaban J connectivity index is 1.92. The van der Waals surface area contributed by atoms with Gasteiger partial charge in [0, 0.05) is 0 Å². The molecule has 0 spiro atoms. The van der Waals surface area contributed by atoms with Crippen molar-refractivity contribution in [3.05, 3.63) is 84.3 Å². The summed E-state index contributed by atoms with van der Waals surface area (Å²) in [6.07, 6.45) is 7.08. The number of nitriles is 1. The first-order chi connectivity index (χ1) is 10.4. The molecule has 0 fully saturated rings. The molecule has 0 aliphatic carbocycles. The normalized spacial score (nSPS) is 11.9. The topological polar surface area (TPSA) is 36.9 Å². The maximum absolute atomic E-state index is 9.33. The summed E-state index contributed by atoms with van der Waals surface area (Å²) in [5.74, 6) is 0.766. The lowest BCUT2D eigenvalue weighted by molar-refractivity contribution is 0.557. The van der Waals surface area contributed by atoms with Crippen LogP contribution in [0.15, 0.2) is 77.4 Å². The second-order valence-electron chi connectivity index (χ2n) is 4.63. The molecule has 3 rings (SSSR count). The van der Waals surface area contributed by atoms with E-state index < -0.39 is 0 Å². The van der Waals surface area contributed by atoms with E-state index in [1.807, 2.05) is 60.7 Å². The van der Waals surface area contributed by atoms with Crippen molar-refractivity contribution < 1.29 is 4.42 Å². The van der Waals surface area contributed by atoms with E-state index >= 15 is 0 Å². The van der Waals surface area contributed by atoms with Gasteiger partial charge in [0.2, 0.25) is 0 Å². The summed E-state index contributed by atoms with van der Waals surface area (Å²) in [5, 5.41) is 11.6. The molecule has 0 atom stereocenters. The Morgan fingerprint density at radius 3 is 2.62 bits per heavy atom. The Bertz CT molecular complexity index is 849. The second-order valence-corrected chi connectivity index (χ2v) is 4.63. The molecule has 0 saturated heterocycles. The third-order valence-corrected chi connectivity index (χ3v) is 3.25. The summed E-state index contributed by atoms with van der Waals surface area (Å²) in [6.45, 7) is 0. The van der Waals surface area contributed by atoms with E-state index in [-0.39, 0.29) is 0 Å². The number of hydrogen-bond acceptors (Lipinski definition) is 2. The molecule has 3 aromatic rings. The van der Waals surface area contributed by atoms with Crippen LogP contribution < -0.4 is 0 Å². The molecule has 2 nitrogen and oxygen atoms in total. The van der Waals surface area contributed by atoms with Gasteiger partial charge in [-0.15, -0.1) is 0 Å². The first-order valence-corrected chi connectivity index (χ1v) is 6.68. The predicted molar refractivity (Wildman–Crippen MR) is 85.3 cm³/mol. The van der Waals surface area contributed by atoms with Crippen molar-refractivity contribution in [3.63, 3.8) is 0 Å². The van der Waals surface area contributed by atoms with Gasteiger partial charge in [0.1, 0.15) is 5.76 Å². The Labute approximate surface area is 123 Å². The lowest BCUT2D eigenvalue weighted by Gasteiger charge is -2.01. The van der Waals surface area contributed by atoms with Crippen LogP contribution in [0.1, 0.15) is 11.3 Å². The number of benzene rings is 2. The lowest BCUT2D eigenvalue weighted by atomic mass is 10.0. The summed E-state index contributed by atoms with van der Waals surface area (Å²) in [4.78, 5) is 0. The van der Waals surface area contributed by atoms with Crippen LogP contribution in [-0.2, 0) is 0 Å². The summed E-state index contributed by atoms with van der Waals surface area (Å²) in [6, 6.07) is 20.1. The minimum absolute atomic E-state index is 0.628. The quantitative estimate of drug-likeness (QED) is 0.493. The predicted octanol–water partition coefficient (Wildman–Crippen LogP) is 5.05. The van der Waals surface area contributed by atoms with Crippen LogP contribution >= 0.6 is 0 Å². The Morgan fingerprint density at radius 2 is 1.86 bits per heavy atom. The summed E-state index contributed by atoms with van der Waals surface area (Å²) < 4.78 is 5.21. The minimum Gasteiger partial charge on any atom is -0.465 e. The zero-order valence-corrected chi connectivity index (χ0v) is 11.4. The molecule has 21 heavy (non-hydrogen) atoms. The maximum Gasteiger partial charge on any atom is 0.126 e. The highest BCUT2D eigenvalue weighted by atomic mass is 16.3. The van der Waals surface area contributed by atoms with Gasteiger partial charge in [-0.2, -0.15) is 5.26 Å². The molecule has 0 bridgehead atoms. The van der Waals surface area contributed by atoms with Crippen LogP contribution in [0.5, 0.6) is 0 Å². The van der Waals surface area contributed by atoms with Crippen molar-refractivity contribution in [1.29, 1.82) is 5.26 Å². The summed E-state index contributed by atoms with van der Waals surface area (Å²) in [5.41, 5.74) is 1.55. The maximum atomic E-state index is 9.33. The van der Waals surface area contributed by atoms with Crippen LogP contribution in [0, 0.1) is 11.3 Å². The standard InChI is InChI=1S/C19H13NO/c20-14-18(7-3-8-19-9-4-12-21-19)17-11-10-15-5-1-2-6-16(15)13-17/h1-13H/b8-3+,18-7-. The number of fused-ring (bicyclic) bond motifs is 1. The van der Waals surface area contributed by atoms with Gasteiger partial charge in [-0.3, -0.25) is 0 Å². The largest absolute Gasteiger partial charge is 0.465 e. The molecule has 0 aliphatic rings. The average molecular weight is 271 g/mol. The first kappa shape index (κ1) is 13.0. The second kappa shape index (κ2) is 5.94. The lowest BCUT2D eigenvalue weighted by Crippen LogP contribution is -1.81. The van der Waals surface area contributed by atoms with Crippen molar-refractivity contribution in [2.75, 3.05) is 0 Å². The molecule has 100 valence electrons. The fourth-order valence-electron chi connectivity index (χ4n) is 2.18. The molecule has 0 N–H and O–H groups in total. The zero-order valence-electron chi connectivity index (χ0n) is 11.4. The molecular formula is C19H13NO. The molecule has 2 heteroatoms. The molecule has 0 radical (unpaired) electrons. The van der Waals surface area contributed by atoms with Crippen molar-refractivity contribution in [2.24, 2.45) is 0 Å². The Kier molecular flexibility index (Phi) is 3.66. The van der Waals surface area contributed by atoms with Crippen molar-refractivity contribution in [2.45, 2.75) is 0 Å². The Hall–Kier alpha value is -3.05. The highest BCUT2D eigenvalue weighted by Gasteiger charge is 2.01. The third kappa shape index (κ3) is 2.93. The number of furan rings is 1. The van der Waals surface area contributed by atoms with Crippen molar-refractivity contribution in [3.8, 4) is 6.07 Å². The van der Waals surface area contributed by atoms with E-state index in [9.17, 15) is 5.26 Å². The van der Waals surface area contributed by atoms with Crippen molar-refractivity contribution >= 4 is 22.4 Å². The fraction of sp³-hybridized carbons (Fsp3) is 0. The molecule has 0 unspecified atom stereocenters. The molecule has 1 heterocycles. The number of allylic oxidation sites excluding steroid dienone is 3. The van der Waals surface area contributed by atoms with E-state index in [2.05, 4.69) is 12.1 Å². The monoisotopic (exact) mass is 271 g/mol. The first-order valence-electron chi connectivity index (χ1n) is 6.68. The van der Waals surface area contributed by atoms with Crippen LogP contribution in [0.4, 0.5) is 0 Å². The van der Waals surface area contributed by atoms with E-state index in [0.29, 0.717) is 5.57 Å². The number of rotatable bonds is 3. The van der Waals surface area contributed by atoms with Gasteiger partial charge >= 0.3 is 0 Å². The van der Waals surface area contributed by atoms with E-state index in [1.165, 1.54) is 5.39 Å². The molecule has 0 saturated carbocycles. The van der Waals surface area contributed by atoms with Crippen LogP contribution in [0.2, 0.25) is 0 Å². The van der Waals surface area contributed by atoms with Crippen molar-refractivity contribution in [1.82, 2.24) is 0 Å². The van der Waals surface area contributed by atoms with Gasteiger partial charge in [-0.25, -0.2) is 0 Å². The molecule has 2 aromatic carbocycles. The van der Waals surface area contributed by atoms with Gasteiger partial charge in [-0.05, 0) is 46.7 Å². The minimum atomic E-state index is 0.628. The van der Waals surface area contributed by atoms with Crippen LogP contribution in [0.25, 0.3) is 22.4 Å². The van der Waals surface area contributed by atoms with E-state index in [1.54, 1.807) is 12.3 Å². The van der Waals surface area contributed by atoms with Crippen LogP contribution in [-0.4, -0.2) is 0 Å². The van der Waals surface area contributed by atoms with E-state index in [0.717, 1.165) is 16.7 Å². The van der Waals surface area contributed by atoms with Gasteiger partial charge in [0.05, 0.1) is 17.9 Å². The number of hydrogen-bond donors (Lipinski definition) is 0. The SMILES string of the molecule is N#C/C(=C/C=C/c1ccco1)c1ccc2ccccc2c1. The molecule has 1 aromatic heterocycles. The van der Waals surface area contributed by atoms with Gasteiger partial charge < -0.3 is 4.42 Å². The molecule has 0 aliphatic heterocycles. The number of nitrogens with zero attached hydrogens (tertiary/aromatic N) is 1. The van der Waals surface area contributed by atoms with Crippen LogP contribution in [0.3, 0.4) is 0 Å². The molecular weight excluding hydrogens is 258 g/mol. The van der Waals surface area contributed by atoms with E-state index in [4.69, 9.17) is 4.42 Å². The summed E-state index contributed by atoms with van der Waals surface area (Å²) in [7, 11) is 0. The van der Waals surface area contributed by atoms with Gasteiger partial charge in [0.15, 0.2) is 0 Å². The zero-order chi connectivity index (χ0) is 14.5. The highest BCUT2D eigenvalue weighted by Crippen LogP contribution is 2.21. The van der Waals surface area contributed by atoms with Gasteiger partial charge in [0.25, 0.3) is 0 Å². The Morgan fingerprint density at radius 1 is 1.00 bits per heavy atom. The fourth-order valence-corrected chi connectivity index (χ4v) is 2.18. The van der Waals surface area contributed by atoms with Gasteiger partial charge in [-0.1, -0.05) is 42.5 Å². The average Bonchev–Trinajstić information content (AvgIpc) is 3.04. The highest BCUT2D eigenvalue weighted by molar-refractivity contribution is 5.89. The smallest absolute Gasteiger partial charge is 0.126 e. The summed E-state index contributed by atoms with van der Waals surface area (Å²) >= 11 is 0. The molecule has 0 amide bonds. The third-order valence-electron chi connectivity index (χ3n) is 3.25.